The Morgan fingerprint density at radius 3 is 2.52 bits per heavy atom. The second kappa shape index (κ2) is 8.08. The van der Waals surface area contributed by atoms with Crippen molar-refractivity contribution >= 4 is 34.0 Å². The summed E-state index contributed by atoms with van der Waals surface area (Å²) in [5, 5.41) is 2.80. The first kappa shape index (κ1) is 21.3. The van der Waals surface area contributed by atoms with Crippen LogP contribution >= 0.6 is 0 Å². The van der Waals surface area contributed by atoms with E-state index in [1.807, 2.05) is 6.07 Å². The number of aromatic nitrogens is 4. The number of hydrogen-bond acceptors (Lipinski definition) is 6. The zero-order chi connectivity index (χ0) is 23.3. The van der Waals surface area contributed by atoms with Crippen molar-refractivity contribution < 1.29 is 9.18 Å². The summed E-state index contributed by atoms with van der Waals surface area (Å²) in [6, 6.07) is 5.75. The maximum absolute atomic E-state index is 14.4. The molecular weight excluding hydrogens is 421 g/mol. The van der Waals surface area contributed by atoms with Crippen LogP contribution < -0.4 is 10.2 Å². The summed E-state index contributed by atoms with van der Waals surface area (Å²) >= 11 is 0. The molecule has 8 nitrogen and oxygen atoms in total. The van der Waals surface area contributed by atoms with Gasteiger partial charge in [0, 0.05) is 56.0 Å². The number of hydrogen-bond donors (Lipinski definition) is 1. The van der Waals surface area contributed by atoms with Crippen molar-refractivity contribution in [2.45, 2.75) is 32.9 Å². The lowest BCUT2D eigenvalue weighted by Gasteiger charge is -2.43. The van der Waals surface area contributed by atoms with Crippen LogP contribution in [0.5, 0.6) is 0 Å². The van der Waals surface area contributed by atoms with Crippen molar-refractivity contribution in [3.05, 3.63) is 60.1 Å². The highest BCUT2D eigenvalue weighted by Gasteiger charge is 2.28. The summed E-state index contributed by atoms with van der Waals surface area (Å²) in [4.78, 5) is 31.0. The molecule has 1 fully saturated rings. The zero-order valence-electron chi connectivity index (χ0n) is 19.1. The highest BCUT2D eigenvalue weighted by atomic mass is 19.1. The van der Waals surface area contributed by atoms with Gasteiger partial charge in [-0.25, -0.2) is 9.37 Å². The van der Waals surface area contributed by atoms with Gasteiger partial charge >= 0.3 is 0 Å². The summed E-state index contributed by atoms with van der Waals surface area (Å²) in [6.45, 7) is 7.92. The molecule has 1 amide bonds. The van der Waals surface area contributed by atoms with E-state index in [0.29, 0.717) is 40.1 Å². The first-order chi connectivity index (χ1) is 15.8. The van der Waals surface area contributed by atoms with Gasteiger partial charge < -0.3 is 14.6 Å². The lowest BCUT2D eigenvalue weighted by atomic mass is 10.1. The van der Waals surface area contributed by atoms with E-state index < -0.39 is 5.82 Å². The molecule has 33 heavy (non-hydrogen) atoms. The summed E-state index contributed by atoms with van der Waals surface area (Å²) in [6.07, 6.45) is 6.58. The summed E-state index contributed by atoms with van der Waals surface area (Å²) in [7, 11) is 2.14. The minimum Gasteiger partial charge on any atom is -0.367 e. The number of anilines is 2. The Hall–Kier alpha value is -3.59. The van der Waals surface area contributed by atoms with Gasteiger partial charge in [0.15, 0.2) is 11.5 Å². The van der Waals surface area contributed by atoms with E-state index in [-0.39, 0.29) is 11.6 Å². The van der Waals surface area contributed by atoms with Gasteiger partial charge in [-0.2, -0.15) is 0 Å². The number of carbonyl (C=O) groups excluding carboxylic acids is 1. The summed E-state index contributed by atoms with van der Waals surface area (Å²) < 4.78 is 16.0. The van der Waals surface area contributed by atoms with Crippen molar-refractivity contribution in [1.82, 2.24) is 24.3 Å². The number of carbonyl (C=O) groups is 1. The quantitative estimate of drug-likeness (QED) is 0.518. The normalized spacial score (nSPS) is 19.4. The lowest BCUT2D eigenvalue weighted by molar-refractivity contribution is 0.102. The Kier molecular flexibility index (Phi) is 5.20. The Morgan fingerprint density at radius 2 is 1.79 bits per heavy atom. The van der Waals surface area contributed by atoms with Crippen LogP contribution in [0.4, 0.5) is 15.8 Å². The minimum absolute atomic E-state index is 0.224. The summed E-state index contributed by atoms with van der Waals surface area (Å²) in [5.41, 5.74) is 3.81. The van der Waals surface area contributed by atoms with Gasteiger partial charge in [-0.3, -0.25) is 19.7 Å². The van der Waals surface area contributed by atoms with Crippen LogP contribution in [0, 0.1) is 12.7 Å². The van der Waals surface area contributed by atoms with Crippen LogP contribution in [0.25, 0.3) is 16.7 Å². The van der Waals surface area contributed by atoms with Crippen molar-refractivity contribution in [2.75, 3.05) is 30.4 Å². The van der Waals surface area contributed by atoms with E-state index in [1.165, 1.54) is 6.07 Å². The predicted octanol–water partition coefficient (Wildman–Crippen LogP) is 3.51. The van der Waals surface area contributed by atoms with Gasteiger partial charge in [0.2, 0.25) is 0 Å². The maximum Gasteiger partial charge on any atom is 0.257 e. The second-order valence-corrected chi connectivity index (χ2v) is 8.80. The number of piperazine rings is 1. The number of fused-ring (bicyclic) bond motifs is 2. The number of rotatable bonds is 3. The van der Waals surface area contributed by atoms with Gasteiger partial charge in [-0.1, -0.05) is 0 Å². The Bertz CT molecular complexity index is 1360. The molecule has 0 radical (unpaired) electrons. The maximum atomic E-state index is 14.4. The molecule has 0 aliphatic carbocycles. The number of nitrogens with one attached hydrogen (secondary N) is 1. The molecule has 0 saturated carbocycles. The Balaban J connectivity index is 1.49. The minimum atomic E-state index is -0.501. The van der Waals surface area contributed by atoms with Crippen LogP contribution in [0.3, 0.4) is 0 Å². The van der Waals surface area contributed by atoms with Gasteiger partial charge in [-0.15, -0.1) is 0 Å². The number of aryl methyl sites for hydroxylation is 1. The molecule has 0 bridgehead atoms. The number of imidazole rings is 1. The smallest absolute Gasteiger partial charge is 0.257 e. The van der Waals surface area contributed by atoms with Crippen LogP contribution in [-0.4, -0.2) is 62.4 Å². The summed E-state index contributed by atoms with van der Waals surface area (Å²) in [5.74, 6) is -0.873. The zero-order valence-corrected chi connectivity index (χ0v) is 19.1. The number of likely N-dealkylation sites (N-methyl/N-ethyl adjacent to an activating group) is 1. The van der Waals surface area contributed by atoms with Gasteiger partial charge in [0.1, 0.15) is 11.0 Å². The highest BCUT2D eigenvalue weighted by molar-refractivity contribution is 6.13. The topological polar surface area (TPSA) is 78.7 Å². The lowest BCUT2D eigenvalue weighted by Crippen LogP contribution is -2.55. The number of halogens is 1. The first-order valence-corrected chi connectivity index (χ1v) is 11.0. The standard InChI is InChI=1S/C24H26FN7O/c1-14-10-32-13-17(9-19(25)23(32)28-14)29-24(33)18-5-6-20(22-21(18)26-7-8-27-22)31-11-15(2)30(4)16(3)12-31/h5-10,13,15-16H,11-12H2,1-4H3,(H,29,33)/t15-,16-/m1/s1. The van der Waals surface area contributed by atoms with E-state index in [1.54, 1.807) is 42.2 Å². The van der Waals surface area contributed by atoms with Crippen LogP contribution in [0.1, 0.15) is 29.9 Å². The fourth-order valence-corrected chi connectivity index (χ4v) is 4.53. The van der Waals surface area contributed by atoms with Crippen molar-refractivity contribution in [2.24, 2.45) is 0 Å². The Labute approximate surface area is 191 Å². The van der Waals surface area contributed by atoms with E-state index in [0.717, 1.165) is 18.8 Å². The van der Waals surface area contributed by atoms with Crippen LogP contribution in [0.15, 0.2) is 43.0 Å². The predicted molar refractivity (Wildman–Crippen MR) is 126 cm³/mol. The van der Waals surface area contributed by atoms with E-state index in [2.05, 4.69) is 51.0 Å². The molecule has 3 aromatic heterocycles. The molecule has 2 atom stereocenters. The SMILES string of the molecule is Cc1cn2cc(NC(=O)c3ccc(N4C[C@@H](C)N(C)[C@H](C)C4)c4nccnc34)cc(F)c2n1. The monoisotopic (exact) mass is 447 g/mol. The Morgan fingerprint density at radius 1 is 1.09 bits per heavy atom. The van der Waals surface area contributed by atoms with E-state index in [9.17, 15) is 9.18 Å². The molecule has 5 rings (SSSR count). The average molecular weight is 448 g/mol. The van der Waals surface area contributed by atoms with Gasteiger partial charge in [-0.05, 0) is 40.0 Å². The average Bonchev–Trinajstić information content (AvgIpc) is 3.17. The fraction of sp³-hybridized carbons (Fsp3) is 0.333. The largest absolute Gasteiger partial charge is 0.367 e. The van der Waals surface area contributed by atoms with Gasteiger partial charge in [0.05, 0.1) is 22.6 Å². The van der Waals surface area contributed by atoms with Crippen molar-refractivity contribution in [1.29, 1.82) is 0 Å². The third-order valence-corrected chi connectivity index (χ3v) is 6.43. The molecule has 1 N–H and O–H groups in total. The van der Waals surface area contributed by atoms with Crippen LogP contribution in [0.2, 0.25) is 0 Å². The van der Waals surface area contributed by atoms with Crippen LogP contribution in [-0.2, 0) is 0 Å². The van der Waals surface area contributed by atoms with Crippen molar-refractivity contribution in [3.8, 4) is 0 Å². The molecule has 0 spiro atoms. The molecule has 1 aromatic carbocycles. The molecule has 170 valence electrons. The number of benzene rings is 1. The molecule has 0 unspecified atom stereocenters. The molecule has 1 saturated heterocycles. The molecule has 1 aliphatic rings. The van der Waals surface area contributed by atoms with E-state index in [4.69, 9.17) is 0 Å². The fourth-order valence-electron chi connectivity index (χ4n) is 4.53. The molecular formula is C24H26FN7O. The molecule has 9 heteroatoms. The second-order valence-electron chi connectivity index (χ2n) is 8.80. The third-order valence-electron chi connectivity index (χ3n) is 6.43. The molecule has 4 heterocycles. The first-order valence-electron chi connectivity index (χ1n) is 11.0. The number of nitrogens with zero attached hydrogens (tertiary/aromatic N) is 6. The van der Waals surface area contributed by atoms with E-state index >= 15 is 0 Å². The molecule has 1 aliphatic heterocycles. The molecule has 4 aromatic rings. The third kappa shape index (κ3) is 3.78. The van der Waals surface area contributed by atoms with Crippen molar-refractivity contribution in [3.63, 3.8) is 0 Å². The highest BCUT2D eigenvalue weighted by Crippen LogP contribution is 2.30. The number of amides is 1. The number of pyridine rings is 1. The van der Waals surface area contributed by atoms with Gasteiger partial charge in [0.25, 0.3) is 5.91 Å².